The van der Waals surface area contributed by atoms with E-state index in [1.165, 1.54) is 0 Å². The lowest BCUT2D eigenvalue weighted by molar-refractivity contribution is -0.118. The molecule has 1 atom stereocenters. The van der Waals surface area contributed by atoms with Crippen molar-refractivity contribution in [3.05, 3.63) is 76.6 Å². The summed E-state index contributed by atoms with van der Waals surface area (Å²) in [6, 6.07) is 11.0. The average molecular weight is 600 g/mol. The van der Waals surface area contributed by atoms with E-state index in [2.05, 4.69) is 29.1 Å². The summed E-state index contributed by atoms with van der Waals surface area (Å²) >= 11 is 0. The van der Waals surface area contributed by atoms with Crippen molar-refractivity contribution in [3.8, 4) is 28.9 Å². The quantitative estimate of drug-likeness (QED) is 0.194. The monoisotopic (exact) mass is 599 g/mol. The van der Waals surface area contributed by atoms with E-state index in [1.54, 1.807) is 57.6 Å². The zero-order chi connectivity index (χ0) is 31.0. The lowest BCUT2D eigenvalue weighted by Gasteiger charge is -2.37. The molecule has 0 saturated heterocycles. The SMILES string of the molecule is COc1ccc(/C=N\OCc2nc3c4c(ncn3n2)OC2=C(C(=O)CC(C)(C)C2)[C@H]4c2ccc(OC)c(OC)c2)cc1OC. The molecule has 1 aliphatic carbocycles. The molecule has 228 valence electrons. The first-order chi connectivity index (χ1) is 21.2. The second kappa shape index (κ2) is 11.5. The number of methoxy groups -OCH3 is 4. The number of benzene rings is 2. The molecule has 2 aromatic heterocycles. The molecule has 0 amide bonds. The lowest BCUT2D eigenvalue weighted by atomic mass is 9.70. The Morgan fingerprint density at radius 3 is 2.41 bits per heavy atom. The number of ether oxygens (including phenoxy) is 5. The van der Waals surface area contributed by atoms with Crippen LogP contribution in [0.25, 0.3) is 5.65 Å². The molecule has 0 unspecified atom stereocenters. The van der Waals surface area contributed by atoms with Crippen molar-refractivity contribution in [1.82, 2.24) is 19.6 Å². The average Bonchev–Trinajstić information content (AvgIpc) is 3.44. The summed E-state index contributed by atoms with van der Waals surface area (Å²) in [6.45, 7) is 4.13. The molecular formula is C32H33N5O7. The number of nitrogens with zero attached hydrogens (tertiary/aromatic N) is 5. The molecule has 2 aromatic carbocycles. The third-order valence-corrected chi connectivity index (χ3v) is 7.73. The molecule has 12 nitrogen and oxygen atoms in total. The first kappa shape index (κ1) is 29.0. The number of ketones is 1. The topological polar surface area (TPSA) is 128 Å². The van der Waals surface area contributed by atoms with Crippen LogP contribution in [-0.4, -0.2) is 60.0 Å². The van der Waals surface area contributed by atoms with Gasteiger partial charge in [-0.15, -0.1) is 5.10 Å². The van der Waals surface area contributed by atoms with Crippen LogP contribution < -0.4 is 23.7 Å². The van der Waals surface area contributed by atoms with Gasteiger partial charge < -0.3 is 28.5 Å². The van der Waals surface area contributed by atoms with Crippen LogP contribution in [0.1, 0.15) is 55.1 Å². The molecular weight excluding hydrogens is 566 g/mol. The van der Waals surface area contributed by atoms with Gasteiger partial charge in [0.25, 0.3) is 0 Å². The summed E-state index contributed by atoms with van der Waals surface area (Å²) in [6.07, 6.45) is 4.11. The number of hydrogen-bond donors (Lipinski definition) is 0. The highest BCUT2D eigenvalue weighted by molar-refractivity contribution is 6.00. The molecule has 44 heavy (non-hydrogen) atoms. The number of hydrogen-bond acceptors (Lipinski definition) is 11. The molecule has 2 aliphatic rings. The Morgan fingerprint density at radius 2 is 1.68 bits per heavy atom. The van der Waals surface area contributed by atoms with Gasteiger partial charge >= 0.3 is 0 Å². The van der Waals surface area contributed by atoms with E-state index in [1.807, 2.05) is 24.3 Å². The van der Waals surface area contributed by atoms with Crippen molar-refractivity contribution in [2.75, 3.05) is 28.4 Å². The molecule has 12 heteroatoms. The highest BCUT2D eigenvalue weighted by Gasteiger charge is 2.44. The van der Waals surface area contributed by atoms with Crippen molar-refractivity contribution >= 4 is 17.6 Å². The predicted octanol–water partition coefficient (Wildman–Crippen LogP) is 4.88. The highest BCUT2D eigenvalue weighted by Crippen LogP contribution is 2.51. The highest BCUT2D eigenvalue weighted by atomic mass is 16.6. The number of rotatable bonds is 9. The van der Waals surface area contributed by atoms with Crippen LogP contribution in [0.4, 0.5) is 0 Å². The molecule has 0 radical (unpaired) electrons. The fourth-order valence-electron chi connectivity index (χ4n) is 5.74. The second-order valence-electron chi connectivity index (χ2n) is 11.3. The van der Waals surface area contributed by atoms with Gasteiger partial charge in [-0.25, -0.2) is 14.5 Å². The number of carbonyl (C=O) groups is 1. The van der Waals surface area contributed by atoms with Gasteiger partial charge in [-0.05, 0) is 41.3 Å². The van der Waals surface area contributed by atoms with Gasteiger partial charge in [0, 0.05) is 24.0 Å². The molecule has 0 fully saturated rings. The molecule has 0 bridgehead atoms. The first-order valence-corrected chi connectivity index (χ1v) is 14.0. The Hall–Kier alpha value is -5.13. The van der Waals surface area contributed by atoms with Gasteiger partial charge in [-0.1, -0.05) is 25.1 Å². The Morgan fingerprint density at radius 1 is 0.977 bits per heavy atom. The van der Waals surface area contributed by atoms with Gasteiger partial charge in [0.05, 0.1) is 46.1 Å². The van der Waals surface area contributed by atoms with Crippen LogP contribution >= 0.6 is 0 Å². The third-order valence-electron chi connectivity index (χ3n) is 7.73. The summed E-state index contributed by atoms with van der Waals surface area (Å²) in [4.78, 5) is 28.6. The number of allylic oxidation sites excluding steroid dienone is 2. The standard InChI is InChI=1S/C32H33N5O7/c1-32(2)13-20(38)28-25(14-32)44-31-29(27(28)19-8-10-22(40-4)24(12-19)42-6)30-35-26(36-37(30)17-33-31)16-43-34-15-18-7-9-21(39-3)23(11-18)41-5/h7-12,15,17,27H,13-14,16H2,1-6H3/b34-15-/t27-/m1/s1. The van der Waals surface area contributed by atoms with Crippen LogP contribution in [-0.2, 0) is 16.2 Å². The summed E-state index contributed by atoms with van der Waals surface area (Å²) in [7, 11) is 6.31. The Labute approximate surface area is 254 Å². The first-order valence-electron chi connectivity index (χ1n) is 14.0. The molecule has 4 aromatic rings. The van der Waals surface area contributed by atoms with Crippen molar-refractivity contribution in [2.45, 2.75) is 39.2 Å². The van der Waals surface area contributed by atoms with E-state index in [0.717, 1.165) is 11.1 Å². The van der Waals surface area contributed by atoms with E-state index >= 15 is 0 Å². The number of Topliss-reactive ketones (excluding diaryl/α,β-unsaturated/α-hetero) is 1. The fourth-order valence-corrected chi connectivity index (χ4v) is 5.74. The van der Waals surface area contributed by atoms with Crippen LogP contribution in [0.3, 0.4) is 0 Å². The van der Waals surface area contributed by atoms with E-state index in [-0.39, 0.29) is 17.8 Å². The normalized spacial score (nSPS) is 17.2. The summed E-state index contributed by atoms with van der Waals surface area (Å²) in [5.74, 6) is 3.24. The maximum Gasteiger partial charge on any atom is 0.228 e. The van der Waals surface area contributed by atoms with Gasteiger partial charge in [-0.3, -0.25) is 4.79 Å². The van der Waals surface area contributed by atoms with Crippen LogP contribution in [0.15, 0.2) is 59.2 Å². The fraction of sp³-hybridized carbons (Fsp3) is 0.344. The van der Waals surface area contributed by atoms with Gasteiger partial charge in [0.15, 0.2) is 46.9 Å². The van der Waals surface area contributed by atoms with Crippen LogP contribution in [0.2, 0.25) is 0 Å². The second-order valence-corrected chi connectivity index (χ2v) is 11.3. The Bertz CT molecular complexity index is 1810. The maximum absolute atomic E-state index is 13.7. The molecule has 3 heterocycles. The number of aromatic nitrogens is 4. The third kappa shape index (κ3) is 5.27. The minimum absolute atomic E-state index is 0.00317. The maximum atomic E-state index is 13.7. The Balaban J connectivity index is 1.36. The smallest absolute Gasteiger partial charge is 0.228 e. The minimum Gasteiger partial charge on any atom is -0.493 e. The molecule has 0 N–H and O–H groups in total. The van der Waals surface area contributed by atoms with Gasteiger partial charge in [-0.2, -0.15) is 0 Å². The number of oxime groups is 1. The molecule has 0 saturated carbocycles. The molecule has 0 spiro atoms. The number of fused-ring (bicyclic) bond motifs is 3. The van der Waals surface area contributed by atoms with Crippen molar-refractivity contribution < 1.29 is 33.3 Å². The van der Waals surface area contributed by atoms with E-state index in [9.17, 15) is 4.79 Å². The Kier molecular flexibility index (Phi) is 7.58. The summed E-state index contributed by atoms with van der Waals surface area (Å²) in [5, 5.41) is 8.63. The van der Waals surface area contributed by atoms with Crippen molar-refractivity contribution in [1.29, 1.82) is 0 Å². The zero-order valence-electron chi connectivity index (χ0n) is 25.4. The van der Waals surface area contributed by atoms with E-state index < -0.39 is 5.92 Å². The predicted molar refractivity (Wildman–Crippen MR) is 160 cm³/mol. The molecule has 6 rings (SSSR count). The number of carbonyl (C=O) groups excluding carboxylic acids is 1. The molecule has 1 aliphatic heterocycles. The zero-order valence-corrected chi connectivity index (χ0v) is 25.4. The summed E-state index contributed by atoms with van der Waals surface area (Å²) < 4.78 is 29.6. The van der Waals surface area contributed by atoms with Crippen LogP contribution in [0.5, 0.6) is 28.9 Å². The minimum atomic E-state index is -0.505. The van der Waals surface area contributed by atoms with Gasteiger partial charge in [0.2, 0.25) is 5.88 Å². The van der Waals surface area contributed by atoms with Crippen LogP contribution in [0, 0.1) is 5.41 Å². The van der Waals surface area contributed by atoms with Gasteiger partial charge in [0.1, 0.15) is 12.1 Å². The largest absolute Gasteiger partial charge is 0.493 e. The van der Waals surface area contributed by atoms with Crippen molar-refractivity contribution in [2.24, 2.45) is 10.6 Å². The lowest BCUT2D eigenvalue weighted by Crippen LogP contribution is -2.33. The summed E-state index contributed by atoms with van der Waals surface area (Å²) in [5.41, 5.74) is 3.09. The van der Waals surface area contributed by atoms with E-state index in [4.69, 9.17) is 33.5 Å². The van der Waals surface area contributed by atoms with Crippen molar-refractivity contribution in [3.63, 3.8) is 0 Å². The van der Waals surface area contributed by atoms with E-state index in [0.29, 0.717) is 70.1 Å².